The van der Waals surface area contributed by atoms with Crippen LogP contribution in [0.15, 0.2) is 36.4 Å². The predicted molar refractivity (Wildman–Crippen MR) is 60.1 cm³/mol. The summed E-state index contributed by atoms with van der Waals surface area (Å²) in [6, 6.07) is 7.92. The minimum absolute atomic E-state index is 0.200. The molecule has 1 aliphatic carbocycles. The fraction of sp³-hybridized carbons (Fsp3) is 0.385. The number of benzene rings is 1. The van der Waals surface area contributed by atoms with Crippen molar-refractivity contribution in [2.45, 2.75) is 24.9 Å². The SMILES string of the molecule is COc1cccc([C@@]2(C)CC=CC2O)c1. The summed E-state index contributed by atoms with van der Waals surface area (Å²) in [5, 5.41) is 9.94. The summed E-state index contributed by atoms with van der Waals surface area (Å²) in [7, 11) is 1.66. The molecule has 0 bridgehead atoms. The largest absolute Gasteiger partial charge is 0.497 e. The first kappa shape index (κ1) is 10.2. The van der Waals surface area contributed by atoms with E-state index in [0.717, 1.165) is 17.7 Å². The molecule has 1 aliphatic rings. The maximum atomic E-state index is 9.94. The van der Waals surface area contributed by atoms with Crippen LogP contribution in [-0.4, -0.2) is 18.3 Å². The predicted octanol–water partition coefficient (Wildman–Crippen LogP) is 2.27. The third-order valence-corrected chi connectivity index (χ3v) is 3.24. The molecule has 0 saturated heterocycles. The van der Waals surface area contributed by atoms with E-state index >= 15 is 0 Å². The number of aliphatic hydroxyl groups is 1. The molecular formula is C13H16O2. The summed E-state index contributed by atoms with van der Waals surface area (Å²) in [5.41, 5.74) is 0.925. The Morgan fingerprint density at radius 2 is 2.27 bits per heavy atom. The number of allylic oxidation sites excluding steroid dienone is 1. The Hall–Kier alpha value is -1.28. The van der Waals surface area contributed by atoms with Gasteiger partial charge in [-0.1, -0.05) is 31.2 Å². The molecule has 1 aromatic rings. The normalized spacial score (nSPS) is 29.4. The number of methoxy groups -OCH3 is 1. The van der Waals surface area contributed by atoms with E-state index < -0.39 is 6.10 Å². The van der Waals surface area contributed by atoms with Gasteiger partial charge in [-0.25, -0.2) is 0 Å². The highest BCUT2D eigenvalue weighted by Gasteiger charge is 2.35. The minimum Gasteiger partial charge on any atom is -0.497 e. The standard InChI is InChI=1S/C13H16O2/c1-13(8-4-7-12(13)14)10-5-3-6-11(9-10)15-2/h3-7,9,12,14H,8H2,1-2H3/t12?,13-/m1/s1. The summed E-state index contributed by atoms with van der Waals surface area (Å²) in [4.78, 5) is 0. The molecule has 0 heterocycles. The van der Waals surface area contributed by atoms with E-state index in [2.05, 4.69) is 6.92 Å². The first-order chi connectivity index (χ1) is 7.16. The van der Waals surface area contributed by atoms with Gasteiger partial charge in [0.15, 0.2) is 0 Å². The average Bonchev–Trinajstić information content (AvgIpc) is 2.61. The molecule has 2 heteroatoms. The Kier molecular flexibility index (Phi) is 2.53. The van der Waals surface area contributed by atoms with Crippen molar-refractivity contribution in [1.82, 2.24) is 0 Å². The van der Waals surface area contributed by atoms with Gasteiger partial charge in [-0.3, -0.25) is 0 Å². The average molecular weight is 204 g/mol. The van der Waals surface area contributed by atoms with Crippen LogP contribution in [-0.2, 0) is 5.41 Å². The van der Waals surface area contributed by atoms with Crippen LogP contribution in [0.3, 0.4) is 0 Å². The van der Waals surface area contributed by atoms with E-state index in [9.17, 15) is 5.11 Å². The Labute approximate surface area is 90.2 Å². The molecule has 0 saturated carbocycles. The van der Waals surface area contributed by atoms with Crippen LogP contribution in [0.5, 0.6) is 5.75 Å². The van der Waals surface area contributed by atoms with Gasteiger partial charge >= 0.3 is 0 Å². The van der Waals surface area contributed by atoms with E-state index in [0.29, 0.717) is 0 Å². The lowest BCUT2D eigenvalue weighted by atomic mass is 9.78. The first-order valence-corrected chi connectivity index (χ1v) is 5.16. The van der Waals surface area contributed by atoms with Crippen molar-refractivity contribution < 1.29 is 9.84 Å². The maximum absolute atomic E-state index is 9.94. The van der Waals surface area contributed by atoms with Crippen molar-refractivity contribution in [2.24, 2.45) is 0 Å². The van der Waals surface area contributed by atoms with Gasteiger partial charge in [0.05, 0.1) is 13.2 Å². The molecule has 0 spiro atoms. The summed E-state index contributed by atoms with van der Waals surface area (Å²) in [5.74, 6) is 0.841. The fourth-order valence-corrected chi connectivity index (χ4v) is 2.04. The monoisotopic (exact) mass is 204 g/mol. The summed E-state index contributed by atoms with van der Waals surface area (Å²) >= 11 is 0. The Morgan fingerprint density at radius 3 is 2.87 bits per heavy atom. The van der Waals surface area contributed by atoms with E-state index in [-0.39, 0.29) is 5.41 Å². The smallest absolute Gasteiger partial charge is 0.119 e. The molecule has 0 fully saturated rings. The van der Waals surface area contributed by atoms with Crippen molar-refractivity contribution in [1.29, 1.82) is 0 Å². The van der Waals surface area contributed by atoms with Crippen molar-refractivity contribution in [3.63, 3.8) is 0 Å². The topological polar surface area (TPSA) is 29.5 Å². The molecule has 80 valence electrons. The molecule has 0 aliphatic heterocycles. The van der Waals surface area contributed by atoms with Crippen molar-refractivity contribution in [2.75, 3.05) is 7.11 Å². The fourth-order valence-electron chi connectivity index (χ4n) is 2.04. The second-order valence-electron chi connectivity index (χ2n) is 4.23. The van der Waals surface area contributed by atoms with Crippen LogP contribution in [0, 0.1) is 0 Å². The lowest BCUT2D eigenvalue weighted by molar-refractivity contribution is 0.146. The molecule has 2 nitrogen and oxygen atoms in total. The van der Waals surface area contributed by atoms with Crippen molar-refractivity contribution in [3.8, 4) is 5.75 Å². The second kappa shape index (κ2) is 3.70. The quantitative estimate of drug-likeness (QED) is 0.749. The van der Waals surface area contributed by atoms with Gasteiger partial charge in [0, 0.05) is 5.41 Å². The van der Waals surface area contributed by atoms with Gasteiger partial charge in [0.1, 0.15) is 5.75 Å². The third-order valence-electron chi connectivity index (χ3n) is 3.24. The first-order valence-electron chi connectivity index (χ1n) is 5.16. The molecule has 15 heavy (non-hydrogen) atoms. The Bertz CT molecular complexity index is 384. The summed E-state index contributed by atoms with van der Waals surface area (Å²) in [6.07, 6.45) is 4.37. The lowest BCUT2D eigenvalue weighted by Gasteiger charge is -2.28. The van der Waals surface area contributed by atoms with Crippen LogP contribution < -0.4 is 4.74 Å². The third kappa shape index (κ3) is 1.65. The van der Waals surface area contributed by atoms with E-state index in [4.69, 9.17) is 4.74 Å². The molecule has 0 amide bonds. The summed E-state index contributed by atoms with van der Waals surface area (Å²) < 4.78 is 5.19. The van der Waals surface area contributed by atoms with E-state index in [1.807, 2.05) is 36.4 Å². The van der Waals surface area contributed by atoms with Gasteiger partial charge in [-0.2, -0.15) is 0 Å². The Morgan fingerprint density at radius 1 is 1.47 bits per heavy atom. The van der Waals surface area contributed by atoms with Gasteiger partial charge < -0.3 is 9.84 Å². The summed E-state index contributed by atoms with van der Waals surface area (Å²) in [6.45, 7) is 2.08. The number of aliphatic hydroxyl groups excluding tert-OH is 1. The van der Waals surface area contributed by atoms with Crippen LogP contribution in [0.1, 0.15) is 18.9 Å². The molecule has 0 aromatic heterocycles. The molecule has 1 unspecified atom stereocenters. The molecule has 1 aromatic carbocycles. The molecule has 0 radical (unpaired) electrons. The molecule has 2 rings (SSSR count). The number of ether oxygens (including phenoxy) is 1. The van der Waals surface area contributed by atoms with Crippen molar-refractivity contribution in [3.05, 3.63) is 42.0 Å². The van der Waals surface area contributed by atoms with Gasteiger partial charge in [0.25, 0.3) is 0 Å². The van der Waals surface area contributed by atoms with Crippen LogP contribution in [0.4, 0.5) is 0 Å². The highest BCUT2D eigenvalue weighted by atomic mass is 16.5. The molecular weight excluding hydrogens is 188 g/mol. The second-order valence-corrected chi connectivity index (χ2v) is 4.23. The van der Waals surface area contributed by atoms with Gasteiger partial charge in [0.2, 0.25) is 0 Å². The highest BCUT2D eigenvalue weighted by molar-refractivity contribution is 5.37. The number of hydrogen-bond donors (Lipinski definition) is 1. The van der Waals surface area contributed by atoms with Crippen LogP contribution in [0.25, 0.3) is 0 Å². The maximum Gasteiger partial charge on any atom is 0.119 e. The van der Waals surface area contributed by atoms with Crippen molar-refractivity contribution >= 4 is 0 Å². The zero-order valence-electron chi connectivity index (χ0n) is 9.10. The van der Waals surface area contributed by atoms with Gasteiger partial charge in [-0.15, -0.1) is 0 Å². The zero-order valence-corrected chi connectivity index (χ0v) is 9.10. The lowest BCUT2D eigenvalue weighted by Crippen LogP contribution is -2.31. The van der Waals surface area contributed by atoms with E-state index in [1.54, 1.807) is 7.11 Å². The van der Waals surface area contributed by atoms with E-state index in [1.165, 1.54) is 0 Å². The number of rotatable bonds is 2. The highest BCUT2D eigenvalue weighted by Crippen LogP contribution is 2.37. The van der Waals surface area contributed by atoms with Gasteiger partial charge in [-0.05, 0) is 24.1 Å². The minimum atomic E-state index is -0.399. The molecule has 2 atom stereocenters. The number of hydrogen-bond acceptors (Lipinski definition) is 2. The van der Waals surface area contributed by atoms with Crippen LogP contribution in [0.2, 0.25) is 0 Å². The molecule has 1 N–H and O–H groups in total. The van der Waals surface area contributed by atoms with Crippen LogP contribution >= 0.6 is 0 Å². The Balaban J connectivity index is 2.36. The zero-order chi connectivity index (χ0) is 10.9.